The summed E-state index contributed by atoms with van der Waals surface area (Å²) in [5.41, 5.74) is 0.176. The second-order valence-electron chi connectivity index (χ2n) is 3.79. The second-order valence-corrected chi connectivity index (χ2v) is 4.15. The number of aromatic nitrogens is 2. The summed E-state index contributed by atoms with van der Waals surface area (Å²) in [4.78, 5) is 18.1. The van der Waals surface area contributed by atoms with Gasteiger partial charge in [-0.1, -0.05) is 11.6 Å². The molecule has 0 aliphatic heterocycles. The summed E-state index contributed by atoms with van der Waals surface area (Å²) in [5, 5.41) is -0.210. The van der Waals surface area contributed by atoms with Crippen molar-refractivity contribution in [2.24, 2.45) is 0 Å². The molecule has 2 aromatic rings. The number of alkyl halides is 3. The molecule has 0 spiro atoms. The minimum atomic E-state index is -4.68. The summed E-state index contributed by atoms with van der Waals surface area (Å²) < 4.78 is 42.4. The van der Waals surface area contributed by atoms with E-state index in [1.54, 1.807) is 6.92 Å². The maximum absolute atomic E-state index is 12.5. The molecule has 2 rings (SSSR count). The van der Waals surface area contributed by atoms with Gasteiger partial charge in [-0.25, -0.2) is 14.8 Å². The zero-order valence-corrected chi connectivity index (χ0v) is 10.9. The lowest BCUT2D eigenvalue weighted by atomic mass is 10.1. The van der Waals surface area contributed by atoms with Crippen LogP contribution < -0.4 is 0 Å². The van der Waals surface area contributed by atoms with Crippen molar-refractivity contribution in [3.8, 4) is 0 Å². The molecule has 0 atom stereocenters. The van der Waals surface area contributed by atoms with E-state index in [2.05, 4.69) is 9.97 Å². The standard InChI is InChI=1S/C12H8ClF3N2O2/c1-2-20-10(19)6-3-4-8-7(5-6)9(13)18-11(17-8)12(14,15)16/h3-5H,2H2,1H3. The Hall–Kier alpha value is -1.89. The van der Waals surface area contributed by atoms with Crippen LogP contribution in [0.2, 0.25) is 5.15 Å². The molecule has 8 heteroatoms. The summed E-state index contributed by atoms with van der Waals surface area (Å²) in [7, 11) is 0. The van der Waals surface area contributed by atoms with Crippen molar-refractivity contribution in [1.82, 2.24) is 9.97 Å². The molecule has 0 fully saturated rings. The van der Waals surface area contributed by atoms with E-state index in [1.165, 1.54) is 18.2 Å². The SMILES string of the molecule is CCOC(=O)c1ccc2nc(C(F)(F)F)nc(Cl)c2c1. The molecular formula is C12H8ClF3N2O2. The van der Waals surface area contributed by atoms with E-state index in [0.717, 1.165) is 0 Å². The Labute approximate surface area is 116 Å². The van der Waals surface area contributed by atoms with Gasteiger partial charge < -0.3 is 4.74 Å². The Morgan fingerprint density at radius 1 is 1.35 bits per heavy atom. The number of rotatable bonds is 2. The Kier molecular flexibility index (Phi) is 3.80. The zero-order valence-electron chi connectivity index (χ0n) is 10.2. The number of hydrogen-bond donors (Lipinski definition) is 0. The molecule has 0 saturated carbocycles. The van der Waals surface area contributed by atoms with Crippen molar-refractivity contribution in [1.29, 1.82) is 0 Å². The molecular weight excluding hydrogens is 297 g/mol. The van der Waals surface area contributed by atoms with Gasteiger partial charge in [0.05, 0.1) is 17.7 Å². The highest BCUT2D eigenvalue weighted by atomic mass is 35.5. The first-order valence-electron chi connectivity index (χ1n) is 5.54. The number of benzene rings is 1. The molecule has 1 heterocycles. The van der Waals surface area contributed by atoms with Crippen LogP contribution in [0.3, 0.4) is 0 Å². The number of fused-ring (bicyclic) bond motifs is 1. The van der Waals surface area contributed by atoms with Gasteiger partial charge >= 0.3 is 12.1 Å². The molecule has 0 bridgehead atoms. The van der Waals surface area contributed by atoms with Crippen LogP contribution in [0.15, 0.2) is 18.2 Å². The average Bonchev–Trinajstić information content (AvgIpc) is 2.37. The van der Waals surface area contributed by atoms with Gasteiger partial charge in [0.25, 0.3) is 0 Å². The number of carbonyl (C=O) groups is 1. The van der Waals surface area contributed by atoms with Crippen molar-refractivity contribution in [3.05, 3.63) is 34.7 Å². The predicted octanol–water partition coefficient (Wildman–Crippen LogP) is 3.48. The van der Waals surface area contributed by atoms with Crippen LogP contribution >= 0.6 is 11.6 Å². The largest absolute Gasteiger partial charge is 0.462 e. The number of ether oxygens (including phenoxy) is 1. The molecule has 0 N–H and O–H groups in total. The van der Waals surface area contributed by atoms with Crippen LogP contribution in [-0.4, -0.2) is 22.5 Å². The molecule has 0 aliphatic carbocycles. The van der Waals surface area contributed by atoms with Crippen LogP contribution in [0.1, 0.15) is 23.1 Å². The van der Waals surface area contributed by atoms with Crippen molar-refractivity contribution in [2.45, 2.75) is 13.1 Å². The van der Waals surface area contributed by atoms with Gasteiger partial charge in [-0.15, -0.1) is 0 Å². The van der Waals surface area contributed by atoms with Crippen molar-refractivity contribution >= 4 is 28.5 Å². The van der Waals surface area contributed by atoms with E-state index >= 15 is 0 Å². The fourth-order valence-electron chi connectivity index (χ4n) is 1.56. The Morgan fingerprint density at radius 2 is 2.05 bits per heavy atom. The number of nitrogens with zero attached hydrogens (tertiary/aromatic N) is 2. The first kappa shape index (κ1) is 14.5. The van der Waals surface area contributed by atoms with Crippen molar-refractivity contribution < 1.29 is 22.7 Å². The van der Waals surface area contributed by atoms with E-state index in [0.29, 0.717) is 0 Å². The molecule has 106 valence electrons. The fourth-order valence-corrected chi connectivity index (χ4v) is 1.79. The lowest BCUT2D eigenvalue weighted by molar-refractivity contribution is -0.144. The van der Waals surface area contributed by atoms with Crippen molar-refractivity contribution in [3.63, 3.8) is 0 Å². The third-order valence-corrected chi connectivity index (χ3v) is 2.70. The van der Waals surface area contributed by atoms with E-state index in [9.17, 15) is 18.0 Å². The van der Waals surface area contributed by atoms with E-state index in [4.69, 9.17) is 16.3 Å². The number of esters is 1. The van der Waals surface area contributed by atoms with E-state index < -0.39 is 18.0 Å². The summed E-state index contributed by atoms with van der Waals surface area (Å²) in [6, 6.07) is 3.89. The second kappa shape index (κ2) is 5.24. The third kappa shape index (κ3) is 2.82. The highest BCUT2D eigenvalue weighted by Gasteiger charge is 2.35. The van der Waals surface area contributed by atoms with Gasteiger partial charge in [0, 0.05) is 5.39 Å². The first-order chi connectivity index (χ1) is 9.32. The maximum atomic E-state index is 12.5. The highest BCUT2D eigenvalue weighted by molar-refractivity contribution is 6.34. The molecule has 0 amide bonds. The van der Waals surface area contributed by atoms with Gasteiger partial charge in [0.15, 0.2) is 0 Å². The molecule has 0 radical (unpaired) electrons. The Bertz CT molecular complexity index is 674. The van der Waals surface area contributed by atoms with Gasteiger partial charge in [-0.05, 0) is 25.1 Å². The Morgan fingerprint density at radius 3 is 2.65 bits per heavy atom. The Balaban J connectivity index is 2.55. The van der Waals surface area contributed by atoms with Gasteiger partial charge in [-0.3, -0.25) is 0 Å². The first-order valence-corrected chi connectivity index (χ1v) is 5.92. The quantitative estimate of drug-likeness (QED) is 0.629. The predicted molar refractivity (Wildman–Crippen MR) is 65.5 cm³/mol. The molecule has 1 aromatic heterocycles. The molecule has 0 aliphatic rings. The molecule has 0 saturated heterocycles. The third-order valence-electron chi connectivity index (χ3n) is 2.41. The van der Waals surface area contributed by atoms with Crippen LogP contribution in [0, 0.1) is 0 Å². The van der Waals surface area contributed by atoms with E-state index in [-0.39, 0.29) is 28.2 Å². The monoisotopic (exact) mass is 304 g/mol. The van der Waals surface area contributed by atoms with Gasteiger partial charge in [-0.2, -0.15) is 13.2 Å². The lowest BCUT2D eigenvalue weighted by Gasteiger charge is -2.08. The smallest absolute Gasteiger partial charge is 0.451 e. The molecule has 20 heavy (non-hydrogen) atoms. The summed E-state index contributed by atoms with van der Waals surface area (Å²) >= 11 is 5.72. The fraction of sp³-hybridized carbons (Fsp3) is 0.250. The molecule has 4 nitrogen and oxygen atoms in total. The average molecular weight is 305 g/mol. The molecule has 1 aromatic carbocycles. The minimum absolute atomic E-state index is 0.00498. The lowest BCUT2D eigenvalue weighted by Crippen LogP contribution is -2.11. The number of carbonyl (C=O) groups excluding carboxylic acids is 1. The topological polar surface area (TPSA) is 52.1 Å². The summed E-state index contributed by atoms with van der Waals surface area (Å²) in [6.07, 6.45) is -4.68. The van der Waals surface area contributed by atoms with Gasteiger partial charge in [0.1, 0.15) is 5.15 Å². The molecule has 0 unspecified atom stereocenters. The van der Waals surface area contributed by atoms with Gasteiger partial charge in [0.2, 0.25) is 5.82 Å². The normalized spacial score (nSPS) is 11.7. The minimum Gasteiger partial charge on any atom is -0.462 e. The highest BCUT2D eigenvalue weighted by Crippen LogP contribution is 2.30. The van der Waals surface area contributed by atoms with Crippen LogP contribution in [0.25, 0.3) is 10.9 Å². The van der Waals surface area contributed by atoms with Crippen LogP contribution in [0.4, 0.5) is 13.2 Å². The van der Waals surface area contributed by atoms with Crippen molar-refractivity contribution in [2.75, 3.05) is 6.61 Å². The van der Waals surface area contributed by atoms with E-state index in [1.807, 2.05) is 0 Å². The summed E-state index contributed by atoms with van der Waals surface area (Å²) in [5.74, 6) is -1.91. The maximum Gasteiger partial charge on any atom is 0.451 e. The van der Waals surface area contributed by atoms with Crippen LogP contribution in [-0.2, 0) is 10.9 Å². The van der Waals surface area contributed by atoms with Crippen LogP contribution in [0.5, 0.6) is 0 Å². The zero-order chi connectivity index (χ0) is 14.9. The summed E-state index contributed by atoms with van der Waals surface area (Å²) in [6.45, 7) is 1.83. The number of hydrogen-bond acceptors (Lipinski definition) is 4. The number of halogens is 4.